The Kier molecular flexibility index (Phi) is 3.34. The first kappa shape index (κ1) is 14.4. The van der Waals surface area contributed by atoms with Crippen molar-refractivity contribution < 1.29 is 24.3 Å². The number of aromatic nitrogens is 1. The number of carboxylic acid groups (broad SMARTS) is 1. The van der Waals surface area contributed by atoms with Crippen LogP contribution in [0.2, 0.25) is 0 Å². The molecule has 114 valence electrons. The van der Waals surface area contributed by atoms with E-state index in [0.29, 0.717) is 5.01 Å². The number of hydrogen-bond acceptors (Lipinski definition) is 5. The quantitative estimate of drug-likeness (QED) is 0.807. The second-order valence-electron chi connectivity index (χ2n) is 4.69. The number of hydrogen-bond donors (Lipinski definition) is 2. The maximum Gasteiger partial charge on any atom is 0.335 e. The number of pyridine rings is 1. The highest BCUT2D eigenvalue weighted by atomic mass is 16.4. The van der Waals surface area contributed by atoms with Crippen LogP contribution in [0.4, 0.5) is 0 Å². The van der Waals surface area contributed by atoms with Crippen molar-refractivity contribution in [2.45, 2.75) is 0 Å². The lowest BCUT2D eigenvalue weighted by Gasteiger charge is -2.14. The molecule has 0 atom stereocenters. The van der Waals surface area contributed by atoms with Crippen LogP contribution in [0.5, 0.6) is 0 Å². The number of benzene rings is 1. The lowest BCUT2D eigenvalue weighted by Crippen LogP contribution is -2.45. The number of carbonyl (C=O) groups is 4. The van der Waals surface area contributed by atoms with Crippen LogP contribution in [0.15, 0.2) is 42.7 Å². The van der Waals surface area contributed by atoms with Crippen molar-refractivity contribution in [1.29, 1.82) is 0 Å². The zero-order chi connectivity index (χ0) is 16.6. The van der Waals surface area contributed by atoms with Crippen molar-refractivity contribution in [2.24, 2.45) is 0 Å². The number of hydrazine groups is 1. The van der Waals surface area contributed by atoms with E-state index in [1.807, 2.05) is 0 Å². The molecule has 23 heavy (non-hydrogen) atoms. The molecule has 2 N–H and O–H groups in total. The van der Waals surface area contributed by atoms with E-state index < -0.39 is 23.7 Å². The van der Waals surface area contributed by atoms with Crippen molar-refractivity contribution in [2.75, 3.05) is 0 Å². The lowest BCUT2D eigenvalue weighted by molar-refractivity contribution is 0.0518. The Hall–Kier alpha value is -3.55. The maximum atomic E-state index is 12.2. The maximum absolute atomic E-state index is 12.2. The zero-order valence-electron chi connectivity index (χ0n) is 11.5. The molecule has 0 unspecified atom stereocenters. The average Bonchev–Trinajstić information content (AvgIpc) is 2.80. The summed E-state index contributed by atoms with van der Waals surface area (Å²) >= 11 is 0. The number of fused-ring (bicyclic) bond motifs is 1. The van der Waals surface area contributed by atoms with Gasteiger partial charge in [0.15, 0.2) is 0 Å². The third-order valence-corrected chi connectivity index (χ3v) is 3.29. The topological polar surface area (TPSA) is 117 Å². The second-order valence-corrected chi connectivity index (χ2v) is 4.69. The van der Waals surface area contributed by atoms with Crippen LogP contribution in [0.25, 0.3) is 0 Å². The molecule has 0 aliphatic carbocycles. The third-order valence-electron chi connectivity index (χ3n) is 3.29. The molecule has 3 rings (SSSR count). The minimum Gasteiger partial charge on any atom is -0.478 e. The molecule has 8 nitrogen and oxygen atoms in total. The van der Waals surface area contributed by atoms with Gasteiger partial charge in [0, 0.05) is 18.0 Å². The van der Waals surface area contributed by atoms with E-state index in [1.165, 1.54) is 36.7 Å². The molecule has 0 bridgehead atoms. The molecule has 1 aliphatic heterocycles. The molecule has 0 saturated heterocycles. The number of amides is 3. The Bertz CT molecular complexity index is 847. The number of rotatable bonds is 3. The van der Waals surface area contributed by atoms with Crippen LogP contribution >= 0.6 is 0 Å². The highest BCUT2D eigenvalue weighted by Gasteiger charge is 2.37. The molecule has 0 saturated carbocycles. The number of nitrogens with zero attached hydrogens (tertiary/aromatic N) is 2. The van der Waals surface area contributed by atoms with E-state index in [1.54, 1.807) is 0 Å². The van der Waals surface area contributed by atoms with Crippen molar-refractivity contribution in [3.63, 3.8) is 0 Å². The van der Waals surface area contributed by atoms with Gasteiger partial charge in [-0.05, 0) is 30.3 Å². The van der Waals surface area contributed by atoms with E-state index in [-0.39, 0.29) is 22.3 Å². The molecule has 1 aromatic carbocycles. The normalized spacial score (nSPS) is 13.0. The van der Waals surface area contributed by atoms with Gasteiger partial charge in [0.05, 0.1) is 16.7 Å². The second kappa shape index (κ2) is 5.34. The van der Waals surface area contributed by atoms with Crippen molar-refractivity contribution in [3.05, 3.63) is 65.0 Å². The summed E-state index contributed by atoms with van der Waals surface area (Å²) in [6, 6.07) is 6.43. The van der Waals surface area contributed by atoms with Crippen molar-refractivity contribution in [3.8, 4) is 0 Å². The van der Waals surface area contributed by atoms with Crippen LogP contribution in [-0.4, -0.2) is 38.8 Å². The SMILES string of the molecule is O=C(O)c1ccc2c(c1)C(=O)N(NC(=O)c1ccncc1)C2=O. The molecule has 1 aromatic heterocycles. The van der Waals surface area contributed by atoms with Gasteiger partial charge in [-0.1, -0.05) is 0 Å². The predicted octanol–water partition coefficient (Wildman–Crippen LogP) is 0.721. The van der Waals surface area contributed by atoms with E-state index in [4.69, 9.17) is 5.11 Å². The summed E-state index contributed by atoms with van der Waals surface area (Å²) in [6.45, 7) is 0. The zero-order valence-corrected chi connectivity index (χ0v) is 11.5. The van der Waals surface area contributed by atoms with E-state index >= 15 is 0 Å². The van der Waals surface area contributed by atoms with Gasteiger partial charge in [-0.25, -0.2) is 4.79 Å². The summed E-state index contributed by atoms with van der Waals surface area (Å²) in [4.78, 5) is 51.2. The molecule has 3 amide bonds. The van der Waals surface area contributed by atoms with Gasteiger partial charge in [-0.3, -0.25) is 24.8 Å². The fourth-order valence-corrected chi connectivity index (χ4v) is 2.14. The number of nitrogens with one attached hydrogen (secondary N) is 1. The summed E-state index contributed by atoms with van der Waals surface area (Å²) < 4.78 is 0. The first-order chi connectivity index (χ1) is 11.0. The van der Waals surface area contributed by atoms with Gasteiger partial charge in [-0.2, -0.15) is 5.01 Å². The summed E-state index contributed by atoms with van der Waals surface area (Å²) in [5.74, 6) is -3.37. The standard InChI is InChI=1S/C15H9N3O5/c19-12(8-3-5-16-6-4-8)17-18-13(20)10-2-1-9(15(22)23)7-11(10)14(18)21/h1-7H,(H,17,19)(H,22,23). The van der Waals surface area contributed by atoms with E-state index in [0.717, 1.165) is 6.07 Å². The van der Waals surface area contributed by atoms with Gasteiger partial charge in [0.2, 0.25) is 0 Å². The van der Waals surface area contributed by atoms with Gasteiger partial charge < -0.3 is 5.11 Å². The van der Waals surface area contributed by atoms with Gasteiger partial charge >= 0.3 is 5.97 Å². The number of carbonyl (C=O) groups excluding carboxylic acids is 3. The van der Waals surface area contributed by atoms with Crippen molar-refractivity contribution >= 4 is 23.7 Å². The third kappa shape index (κ3) is 2.42. The highest BCUT2D eigenvalue weighted by Crippen LogP contribution is 2.23. The van der Waals surface area contributed by atoms with Crippen molar-refractivity contribution in [1.82, 2.24) is 15.4 Å². The Morgan fingerprint density at radius 3 is 2.26 bits per heavy atom. The summed E-state index contributed by atoms with van der Waals surface area (Å²) in [7, 11) is 0. The first-order valence-corrected chi connectivity index (χ1v) is 6.46. The van der Waals surface area contributed by atoms with Crippen LogP contribution in [0, 0.1) is 0 Å². The number of carboxylic acids is 1. The van der Waals surface area contributed by atoms with Gasteiger partial charge in [0.25, 0.3) is 17.7 Å². The fourth-order valence-electron chi connectivity index (χ4n) is 2.14. The monoisotopic (exact) mass is 311 g/mol. The average molecular weight is 311 g/mol. The van der Waals surface area contributed by atoms with Crippen LogP contribution in [0.1, 0.15) is 41.4 Å². The molecular weight excluding hydrogens is 302 g/mol. The molecule has 1 aliphatic rings. The Morgan fingerprint density at radius 2 is 1.61 bits per heavy atom. The minimum atomic E-state index is -1.22. The molecule has 0 spiro atoms. The molecule has 0 radical (unpaired) electrons. The summed E-state index contributed by atoms with van der Waals surface area (Å²) in [5, 5.41) is 9.51. The minimum absolute atomic E-state index is 0.0371. The fraction of sp³-hybridized carbons (Fsp3) is 0. The largest absolute Gasteiger partial charge is 0.478 e. The molecule has 0 fully saturated rings. The van der Waals surface area contributed by atoms with Gasteiger partial charge in [-0.15, -0.1) is 0 Å². The smallest absolute Gasteiger partial charge is 0.335 e. The van der Waals surface area contributed by atoms with E-state index in [2.05, 4.69) is 10.4 Å². The summed E-state index contributed by atoms with van der Waals surface area (Å²) in [6.07, 6.45) is 2.80. The van der Waals surface area contributed by atoms with Crippen LogP contribution in [0.3, 0.4) is 0 Å². The highest BCUT2D eigenvalue weighted by molar-refractivity contribution is 6.22. The number of imide groups is 1. The number of aromatic carboxylic acids is 1. The summed E-state index contributed by atoms with van der Waals surface area (Å²) in [5.41, 5.74) is 2.29. The molecule has 2 heterocycles. The van der Waals surface area contributed by atoms with Crippen LogP contribution in [-0.2, 0) is 0 Å². The molecular formula is C15H9N3O5. The van der Waals surface area contributed by atoms with Crippen LogP contribution < -0.4 is 5.43 Å². The first-order valence-electron chi connectivity index (χ1n) is 6.46. The van der Waals surface area contributed by atoms with E-state index in [9.17, 15) is 19.2 Å². The molecule has 8 heteroatoms. The van der Waals surface area contributed by atoms with Gasteiger partial charge in [0.1, 0.15) is 0 Å². The predicted molar refractivity (Wildman–Crippen MR) is 75.6 cm³/mol. The lowest BCUT2D eigenvalue weighted by atomic mass is 10.1. The molecule has 2 aromatic rings. The Morgan fingerprint density at radius 1 is 0.957 bits per heavy atom. The Labute approximate surface area is 129 Å². The Balaban J connectivity index is 1.88.